The normalized spacial score (nSPS) is 13.9. The molecule has 0 aliphatic heterocycles. The molecule has 0 aliphatic rings. The molecule has 30 heavy (non-hydrogen) atoms. The van der Waals surface area contributed by atoms with E-state index in [9.17, 15) is 14.8 Å². The highest BCUT2D eigenvalue weighted by Gasteiger charge is 2.40. The summed E-state index contributed by atoms with van der Waals surface area (Å²) in [5.41, 5.74) is -0.222. The summed E-state index contributed by atoms with van der Waals surface area (Å²) in [5, 5.41) is 12.2. The fourth-order valence-corrected chi connectivity index (χ4v) is 5.85. The van der Waals surface area contributed by atoms with Crippen molar-refractivity contribution in [3.8, 4) is 0 Å². The standard InChI is InChI=1S/C24H25O4PS/c1-2-28-24(23(25)26,15-14-19-8-4-3-5-9-19)17-29(27)18-30-22-13-12-20-10-6-7-11-21(20)16-22/h3-13,16-17H,2,14-15,18H2,1H3,(H,25,26). The molecule has 1 N–H and O–H groups in total. The largest absolute Gasteiger partial charge is 0.630 e. The molecule has 156 valence electrons. The van der Waals surface area contributed by atoms with E-state index in [0.717, 1.165) is 21.2 Å². The highest BCUT2D eigenvalue weighted by Crippen LogP contribution is 2.31. The van der Waals surface area contributed by atoms with Gasteiger partial charge in [-0.15, -0.1) is 0 Å². The maximum absolute atomic E-state index is 12.8. The van der Waals surface area contributed by atoms with Gasteiger partial charge in [-0.1, -0.05) is 72.4 Å². The molecule has 0 amide bonds. The second-order valence-electron chi connectivity index (χ2n) is 6.94. The fourth-order valence-electron chi connectivity index (χ4n) is 3.30. The Morgan fingerprint density at radius 2 is 1.80 bits per heavy atom. The molecule has 0 spiro atoms. The molecule has 0 saturated heterocycles. The van der Waals surface area contributed by atoms with Crippen molar-refractivity contribution in [3.63, 3.8) is 0 Å². The summed E-state index contributed by atoms with van der Waals surface area (Å²) in [6.45, 7) is 1.99. The van der Waals surface area contributed by atoms with Gasteiger partial charge in [0.15, 0.2) is 5.49 Å². The molecular weight excluding hydrogens is 415 g/mol. The molecule has 3 aromatic rings. The van der Waals surface area contributed by atoms with Gasteiger partial charge < -0.3 is 14.7 Å². The molecule has 6 heteroatoms. The van der Waals surface area contributed by atoms with E-state index in [4.69, 9.17) is 4.74 Å². The van der Waals surface area contributed by atoms with Crippen LogP contribution in [0.3, 0.4) is 0 Å². The van der Waals surface area contributed by atoms with Gasteiger partial charge in [0.1, 0.15) is 5.80 Å². The third-order valence-electron chi connectivity index (χ3n) is 4.82. The van der Waals surface area contributed by atoms with E-state index in [1.807, 2.05) is 66.7 Å². The van der Waals surface area contributed by atoms with Crippen molar-refractivity contribution in [2.75, 3.05) is 12.1 Å². The molecule has 0 bridgehead atoms. The van der Waals surface area contributed by atoms with Gasteiger partial charge in [0, 0.05) is 11.5 Å². The number of hydrogen-bond donors (Lipinski definition) is 1. The third-order valence-corrected chi connectivity index (χ3v) is 7.65. The van der Waals surface area contributed by atoms with Crippen LogP contribution in [0.25, 0.3) is 10.8 Å². The number of carboxylic acid groups (broad SMARTS) is 1. The first kappa shape index (κ1) is 22.5. The van der Waals surface area contributed by atoms with Crippen LogP contribution in [-0.2, 0) is 16.0 Å². The number of fused-ring (bicyclic) bond motifs is 1. The third kappa shape index (κ3) is 5.93. The lowest BCUT2D eigenvalue weighted by Crippen LogP contribution is -2.44. The van der Waals surface area contributed by atoms with Crippen molar-refractivity contribution in [2.24, 2.45) is 0 Å². The van der Waals surface area contributed by atoms with Gasteiger partial charge in [-0.2, -0.15) is 0 Å². The van der Waals surface area contributed by atoms with Gasteiger partial charge in [0.25, 0.3) is 0 Å². The molecule has 0 fully saturated rings. The molecule has 0 radical (unpaired) electrons. The van der Waals surface area contributed by atoms with Crippen LogP contribution in [0, 0.1) is 0 Å². The molecule has 2 atom stereocenters. The Bertz CT molecular complexity index is 1020. The maximum atomic E-state index is 12.8. The van der Waals surface area contributed by atoms with Crippen molar-refractivity contribution >= 4 is 42.1 Å². The quantitative estimate of drug-likeness (QED) is 0.357. The first-order valence-corrected chi connectivity index (χ1v) is 12.3. The van der Waals surface area contributed by atoms with Crippen molar-refractivity contribution in [1.29, 1.82) is 0 Å². The van der Waals surface area contributed by atoms with E-state index in [0.29, 0.717) is 11.9 Å². The van der Waals surface area contributed by atoms with Crippen molar-refractivity contribution < 1.29 is 19.5 Å². The molecular formula is C24H25O4PS. The predicted molar refractivity (Wildman–Crippen MR) is 124 cm³/mol. The number of aliphatic carboxylic acids is 1. The number of carboxylic acids is 1. The minimum Gasteiger partial charge on any atom is -0.630 e. The van der Waals surface area contributed by atoms with Gasteiger partial charge in [-0.3, -0.25) is 0 Å². The minimum absolute atomic E-state index is 0.235. The van der Waals surface area contributed by atoms with Crippen LogP contribution in [0.1, 0.15) is 18.9 Å². The number of benzene rings is 3. The lowest BCUT2D eigenvalue weighted by Gasteiger charge is -2.24. The average Bonchev–Trinajstić information content (AvgIpc) is 2.76. The minimum atomic E-state index is -1.88. The highest BCUT2D eigenvalue weighted by molar-refractivity contribution is 8.04. The van der Waals surface area contributed by atoms with E-state index in [2.05, 4.69) is 6.07 Å². The summed E-state index contributed by atoms with van der Waals surface area (Å²) in [6, 6.07) is 23.8. The van der Waals surface area contributed by atoms with Gasteiger partial charge in [0.05, 0.1) is 7.77 Å². The lowest BCUT2D eigenvalue weighted by atomic mass is 9.96. The smallest absolute Gasteiger partial charge is 0.344 e. The number of carbonyl (C=O) groups is 1. The molecule has 4 nitrogen and oxygen atoms in total. The zero-order chi connectivity index (χ0) is 21.4. The van der Waals surface area contributed by atoms with Crippen LogP contribution in [0.4, 0.5) is 0 Å². The van der Waals surface area contributed by atoms with Crippen LogP contribution in [0.15, 0.2) is 77.7 Å². The average molecular weight is 441 g/mol. The molecule has 0 aliphatic carbocycles. The van der Waals surface area contributed by atoms with E-state index >= 15 is 0 Å². The Kier molecular flexibility index (Phi) is 8.06. The molecule has 0 heterocycles. The van der Waals surface area contributed by atoms with Crippen LogP contribution >= 0.6 is 19.5 Å². The first-order chi connectivity index (χ1) is 14.5. The van der Waals surface area contributed by atoms with Crippen molar-refractivity contribution in [1.82, 2.24) is 0 Å². The topological polar surface area (TPSA) is 69.6 Å². The number of aryl methyl sites for hydroxylation is 1. The van der Waals surface area contributed by atoms with E-state index in [1.165, 1.54) is 17.6 Å². The molecule has 0 saturated carbocycles. The SMILES string of the molecule is CCOC(C=[P+]([O-])CSc1ccc2ccccc2c1)(CCc1ccccc1)C(=O)O. The van der Waals surface area contributed by atoms with Crippen LogP contribution in [-0.4, -0.2) is 34.6 Å². The zero-order valence-corrected chi connectivity index (χ0v) is 18.6. The van der Waals surface area contributed by atoms with Crippen molar-refractivity contribution in [2.45, 2.75) is 30.3 Å². The van der Waals surface area contributed by atoms with Crippen LogP contribution < -0.4 is 4.89 Å². The Morgan fingerprint density at radius 1 is 1.10 bits per heavy atom. The fraction of sp³-hybridized carbons (Fsp3) is 0.250. The summed E-state index contributed by atoms with van der Waals surface area (Å²) in [7, 11) is -1.88. The Labute approximate surface area is 182 Å². The number of rotatable bonds is 10. The molecule has 3 rings (SSSR count). The summed E-state index contributed by atoms with van der Waals surface area (Å²) in [5.74, 6) is 0.296. The summed E-state index contributed by atoms with van der Waals surface area (Å²) >= 11 is 1.46. The summed E-state index contributed by atoms with van der Waals surface area (Å²) < 4.78 is 5.64. The Morgan fingerprint density at radius 3 is 2.50 bits per heavy atom. The maximum Gasteiger partial charge on any atom is 0.344 e. The number of hydrogen-bond acceptors (Lipinski definition) is 4. The Hall–Kier alpha value is -2.17. The summed E-state index contributed by atoms with van der Waals surface area (Å²) in [6.07, 6.45) is 0.770. The van der Waals surface area contributed by atoms with Gasteiger partial charge in [-0.25, -0.2) is 4.79 Å². The van der Waals surface area contributed by atoms with E-state index < -0.39 is 19.3 Å². The second kappa shape index (κ2) is 10.7. The second-order valence-corrected chi connectivity index (χ2v) is 9.83. The summed E-state index contributed by atoms with van der Waals surface area (Å²) in [4.78, 5) is 25.9. The molecule has 0 aromatic heterocycles. The number of ether oxygens (including phenoxy) is 1. The van der Waals surface area contributed by atoms with Gasteiger partial charge in [0.2, 0.25) is 5.60 Å². The van der Waals surface area contributed by atoms with Crippen LogP contribution in [0.5, 0.6) is 0 Å². The highest BCUT2D eigenvalue weighted by atomic mass is 32.2. The number of thioether (sulfide) groups is 1. The van der Waals surface area contributed by atoms with E-state index in [-0.39, 0.29) is 13.0 Å². The monoisotopic (exact) mass is 440 g/mol. The van der Waals surface area contributed by atoms with Crippen molar-refractivity contribution in [3.05, 3.63) is 78.4 Å². The lowest BCUT2D eigenvalue weighted by molar-refractivity contribution is -0.159. The van der Waals surface area contributed by atoms with Gasteiger partial charge in [-0.05, 0) is 48.2 Å². The zero-order valence-electron chi connectivity index (χ0n) is 16.9. The molecule has 3 aromatic carbocycles. The predicted octanol–water partition coefficient (Wildman–Crippen LogP) is 4.94. The van der Waals surface area contributed by atoms with Gasteiger partial charge >= 0.3 is 5.97 Å². The molecule has 2 unspecified atom stereocenters. The van der Waals surface area contributed by atoms with E-state index in [1.54, 1.807) is 6.92 Å². The Balaban J connectivity index is 1.73. The first-order valence-electron chi connectivity index (χ1n) is 9.85. The van der Waals surface area contributed by atoms with Crippen LogP contribution in [0.2, 0.25) is 0 Å².